The summed E-state index contributed by atoms with van der Waals surface area (Å²) in [6, 6.07) is 3.61. The fraction of sp³-hybridized carbons (Fsp3) is 0.562. The van der Waals surface area contributed by atoms with Crippen molar-refractivity contribution in [1.82, 2.24) is 4.72 Å². The largest absolute Gasteiger partial charge is 0.495 e. The molecular formula is C16H25N3O4S. The standard InChI is InChI=1S/C16H25N3O4S/c1-16(2,3)14(17)15(20)18-12-9-11(7-8-13(12)23-4)24(21,22)19-10-5-6-10/h7-10,14,19H,5-6,17H2,1-4H3,(H,18,20)/t14-/m1/s1. The number of benzene rings is 1. The lowest BCUT2D eigenvalue weighted by Crippen LogP contribution is -2.45. The minimum atomic E-state index is -3.62. The topological polar surface area (TPSA) is 111 Å². The van der Waals surface area contributed by atoms with Crippen LogP contribution in [0.15, 0.2) is 23.1 Å². The summed E-state index contributed by atoms with van der Waals surface area (Å²) in [7, 11) is -2.17. The number of hydrogen-bond donors (Lipinski definition) is 3. The van der Waals surface area contributed by atoms with Crippen molar-refractivity contribution >= 4 is 21.6 Å². The number of nitrogens with two attached hydrogens (primary N) is 1. The summed E-state index contributed by atoms with van der Waals surface area (Å²) in [5.41, 5.74) is 5.80. The lowest BCUT2D eigenvalue weighted by atomic mass is 9.87. The first-order chi connectivity index (χ1) is 11.0. The molecule has 0 aromatic heterocycles. The molecule has 0 aliphatic heterocycles. The minimum absolute atomic E-state index is 0.00413. The second-order valence-corrected chi connectivity index (χ2v) is 8.80. The maximum absolute atomic E-state index is 12.3. The van der Waals surface area contributed by atoms with Crippen LogP contribution in [0.2, 0.25) is 0 Å². The van der Waals surface area contributed by atoms with Crippen molar-refractivity contribution in [2.24, 2.45) is 11.1 Å². The summed E-state index contributed by atoms with van der Waals surface area (Å²) in [6.45, 7) is 5.57. The van der Waals surface area contributed by atoms with Crippen molar-refractivity contribution in [3.05, 3.63) is 18.2 Å². The van der Waals surface area contributed by atoms with Gasteiger partial charge in [0.2, 0.25) is 15.9 Å². The number of carbonyl (C=O) groups excluding carboxylic acids is 1. The van der Waals surface area contributed by atoms with E-state index >= 15 is 0 Å². The van der Waals surface area contributed by atoms with Gasteiger partial charge in [-0.3, -0.25) is 4.79 Å². The molecule has 0 spiro atoms. The summed E-state index contributed by atoms with van der Waals surface area (Å²) in [5.74, 6) is -0.0275. The van der Waals surface area contributed by atoms with E-state index in [9.17, 15) is 13.2 Å². The molecule has 1 amide bonds. The molecule has 134 valence electrons. The zero-order chi connectivity index (χ0) is 18.1. The zero-order valence-electron chi connectivity index (χ0n) is 14.4. The third-order valence-electron chi connectivity index (χ3n) is 3.85. The van der Waals surface area contributed by atoms with Gasteiger partial charge in [0, 0.05) is 6.04 Å². The first-order valence-corrected chi connectivity index (χ1v) is 9.30. The fourth-order valence-electron chi connectivity index (χ4n) is 2.04. The molecule has 24 heavy (non-hydrogen) atoms. The van der Waals surface area contributed by atoms with E-state index in [-0.39, 0.29) is 16.6 Å². The molecule has 1 aliphatic carbocycles. The second kappa shape index (κ2) is 6.70. The summed E-state index contributed by atoms with van der Waals surface area (Å²) in [4.78, 5) is 12.4. The maximum Gasteiger partial charge on any atom is 0.241 e. The lowest BCUT2D eigenvalue weighted by molar-refractivity contribution is -0.119. The predicted octanol–water partition coefficient (Wildman–Crippen LogP) is 1.45. The molecule has 1 atom stereocenters. The van der Waals surface area contributed by atoms with Crippen molar-refractivity contribution in [1.29, 1.82) is 0 Å². The van der Waals surface area contributed by atoms with Crippen molar-refractivity contribution in [2.45, 2.75) is 50.6 Å². The van der Waals surface area contributed by atoms with Gasteiger partial charge in [0.25, 0.3) is 0 Å². The fourth-order valence-corrected chi connectivity index (χ4v) is 3.38. The Morgan fingerprint density at radius 1 is 1.33 bits per heavy atom. The maximum atomic E-state index is 12.3. The number of sulfonamides is 1. The van der Waals surface area contributed by atoms with Gasteiger partial charge in [-0.1, -0.05) is 20.8 Å². The normalized spacial score (nSPS) is 16.5. The van der Waals surface area contributed by atoms with E-state index in [1.165, 1.54) is 25.3 Å². The molecule has 0 unspecified atom stereocenters. The van der Waals surface area contributed by atoms with Crippen LogP contribution < -0.4 is 20.5 Å². The Bertz CT molecular complexity index is 721. The van der Waals surface area contributed by atoms with Crippen LogP contribution in [0.1, 0.15) is 33.6 Å². The molecule has 8 heteroatoms. The Morgan fingerprint density at radius 3 is 2.46 bits per heavy atom. The van der Waals surface area contributed by atoms with Gasteiger partial charge in [-0.15, -0.1) is 0 Å². The number of carbonyl (C=O) groups is 1. The van der Waals surface area contributed by atoms with Crippen LogP contribution in [-0.4, -0.2) is 33.5 Å². The summed E-state index contributed by atoms with van der Waals surface area (Å²) < 4.78 is 32.5. The molecule has 7 nitrogen and oxygen atoms in total. The summed E-state index contributed by atoms with van der Waals surface area (Å²) in [5, 5.41) is 2.67. The van der Waals surface area contributed by atoms with Gasteiger partial charge < -0.3 is 15.8 Å². The van der Waals surface area contributed by atoms with E-state index in [2.05, 4.69) is 10.0 Å². The van der Waals surface area contributed by atoms with Crippen molar-refractivity contribution in [3.63, 3.8) is 0 Å². The quantitative estimate of drug-likeness (QED) is 0.715. The summed E-state index contributed by atoms with van der Waals surface area (Å²) in [6.07, 6.45) is 1.69. The number of rotatable bonds is 6. The minimum Gasteiger partial charge on any atom is -0.495 e. The summed E-state index contributed by atoms with van der Waals surface area (Å²) >= 11 is 0. The van der Waals surface area contributed by atoms with Gasteiger partial charge in [-0.05, 0) is 36.5 Å². The molecule has 0 radical (unpaired) electrons. The van der Waals surface area contributed by atoms with Gasteiger partial charge in [-0.2, -0.15) is 0 Å². The van der Waals surface area contributed by atoms with Crippen molar-refractivity contribution in [3.8, 4) is 5.75 Å². The molecule has 1 aliphatic rings. The van der Waals surface area contributed by atoms with Crippen LogP contribution in [-0.2, 0) is 14.8 Å². The average molecular weight is 355 g/mol. The smallest absolute Gasteiger partial charge is 0.241 e. The average Bonchev–Trinajstić information content (AvgIpc) is 3.28. The molecule has 4 N–H and O–H groups in total. The van der Waals surface area contributed by atoms with E-state index in [0.717, 1.165) is 12.8 Å². The SMILES string of the molecule is COc1ccc(S(=O)(=O)NC2CC2)cc1NC(=O)[C@@H](N)C(C)(C)C. The van der Waals surface area contributed by atoms with Crippen LogP contribution in [0.3, 0.4) is 0 Å². The molecule has 1 saturated carbocycles. The lowest BCUT2D eigenvalue weighted by Gasteiger charge is -2.26. The van der Waals surface area contributed by atoms with E-state index < -0.39 is 27.4 Å². The molecular weight excluding hydrogens is 330 g/mol. The van der Waals surface area contributed by atoms with E-state index in [1.807, 2.05) is 20.8 Å². The number of hydrogen-bond acceptors (Lipinski definition) is 5. The number of ether oxygens (including phenoxy) is 1. The Morgan fingerprint density at radius 2 is 1.96 bits per heavy atom. The molecule has 1 fully saturated rings. The van der Waals surface area contributed by atoms with Gasteiger partial charge in [-0.25, -0.2) is 13.1 Å². The molecule has 0 heterocycles. The van der Waals surface area contributed by atoms with Crippen LogP contribution in [0.25, 0.3) is 0 Å². The highest BCUT2D eigenvalue weighted by atomic mass is 32.2. The molecule has 1 aromatic carbocycles. The number of anilines is 1. The van der Waals surface area contributed by atoms with Gasteiger partial charge in [0.15, 0.2) is 0 Å². The highest BCUT2D eigenvalue weighted by molar-refractivity contribution is 7.89. The third-order valence-corrected chi connectivity index (χ3v) is 5.37. The Kier molecular flexibility index (Phi) is 5.22. The molecule has 2 rings (SSSR count). The van der Waals surface area contributed by atoms with Crippen LogP contribution in [0, 0.1) is 5.41 Å². The Labute approximate surface area is 143 Å². The first-order valence-electron chi connectivity index (χ1n) is 7.81. The van der Waals surface area contributed by atoms with Crippen molar-refractivity contribution in [2.75, 3.05) is 12.4 Å². The monoisotopic (exact) mass is 355 g/mol. The van der Waals surface area contributed by atoms with Gasteiger partial charge in [0.05, 0.1) is 23.7 Å². The Hall–Kier alpha value is -1.64. The first kappa shape index (κ1) is 18.7. The zero-order valence-corrected chi connectivity index (χ0v) is 15.2. The Balaban J connectivity index is 2.27. The van der Waals surface area contributed by atoms with E-state index in [1.54, 1.807) is 0 Å². The molecule has 0 bridgehead atoms. The van der Waals surface area contributed by atoms with Crippen molar-refractivity contribution < 1.29 is 17.9 Å². The highest BCUT2D eigenvalue weighted by Crippen LogP contribution is 2.30. The number of nitrogens with one attached hydrogen (secondary N) is 2. The highest BCUT2D eigenvalue weighted by Gasteiger charge is 2.30. The van der Waals surface area contributed by atoms with Crippen LogP contribution >= 0.6 is 0 Å². The third kappa shape index (κ3) is 4.46. The molecule has 1 aromatic rings. The van der Waals surface area contributed by atoms with Gasteiger partial charge in [0.1, 0.15) is 5.75 Å². The van der Waals surface area contributed by atoms with Crippen LogP contribution in [0.5, 0.6) is 5.75 Å². The number of amides is 1. The predicted molar refractivity (Wildman–Crippen MR) is 92.4 cm³/mol. The second-order valence-electron chi connectivity index (χ2n) is 7.09. The number of methoxy groups -OCH3 is 1. The van der Waals surface area contributed by atoms with E-state index in [0.29, 0.717) is 5.75 Å². The van der Waals surface area contributed by atoms with Crippen LogP contribution in [0.4, 0.5) is 5.69 Å². The van der Waals surface area contributed by atoms with E-state index in [4.69, 9.17) is 10.5 Å². The van der Waals surface area contributed by atoms with Gasteiger partial charge >= 0.3 is 0 Å². The molecule has 0 saturated heterocycles.